The number of nitro groups is 1. The van der Waals surface area contributed by atoms with Gasteiger partial charge < -0.3 is 15.6 Å². The second-order valence-electron chi connectivity index (χ2n) is 6.78. The predicted molar refractivity (Wildman–Crippen MR) is 103 cm³/mol. The van der Waals surface area contributed by atoms with E-state index >= 15 is 0 Å². The molecule has 0 aliphatic carbocycles. The van der Waals surface area contributed by atoms with Gasteiger partial charge in [0.05, 0.1) is 29.0 Å². The molecule has 10 nitrogen and oxygen atoms in total. The highest BCUT2D eigenvalue weighted by Gasteiger charge is 2.48. The first-order chi connectivity index (χ1) is 14.2. The Morgan fingerprint density at radius 1 is 1.20 bits per heavy atom. The molecule has 3 rings (SSSR count). The maximum absolute atomic E-state index is 12.7. The number of hydrogen-bond acceptors (Lipinski definition) is 7. The molecule has 2 amide bonds. The van der Waals surface area contributed by atoms with Gasteiger partial charge in [0.2, 0.25) is 5.72 Å². The molecule has 0 spiro atoms. The number of rotatable bonds is 8. The molecule has 0 saturated carbocycles. The average Bonchev–Trinajstić information content (AvgIpc) is 3.08. The fraction of sp³-hybridized carbons (Fsp3) is 0.250. The average molecular weight is 413 g/mol. The molecule has 2 aromatic carbocycles. The normalized spacial score (nSPS) is 14.7. The minimum Gasteiger partial charge on any atom is -0.461 e. The standard InChI is InChI=1S/C20H19N3O7/c21-19(26)20(27,10-9-17(24)30-12-13-5-2-1-3-6-13)22-11-15-14(18(22)25)7-4-8-16(15)23(28)29/h1-8,27H,9-12H2,(H2,21,26)/t20-/m0/s1. The van der Waals surface area contributed by atoms with Crippen LogP contribution in [0.15, 0.2) is 48.5 Å². The van der Waals surface area contributed by atoms with Crippen LogP contribution in [0.5, 0.6) is 0 Å². The minimum atomic E-state index is -2.50. The van der Waals surface area contributed by atoms with E-state index in [-0.39, 0.29) is 30.0 Å². The number of carbonyl (C=O) groups is 3. The number of nitrogens with two attached hydrogens (primary N) is 1. The van der Waals surface area contributed by atoms with Crippen LogP contribution in [-0.4, -0.2) is 38.4 Å². The second-order valence-corrected chi connectivity index (χ2v) is 6.78. The molecule has 0 aromatic heterocycles. The summed E-state index contributed by atoms with van der Waals surface area (Å²) >= 11 is 0. The zero-order valence-corrected chi connectivity index (χ0v) is 15.8. The van der Waals surface area contributed by atoms with E-state index in [1.165, 1.54) is 18.2 Å². The maximum Gasteiger partial charge on any atom is 0.306 e. The summed E-state index contributed by atoms with van der Waals surface area (Å²) in [4.78, 5) is 48.1. The highest BCUT2D eigenvalue weighted by atomic mass is 16.6. The van der Waals surface area contributed by atoms with Gasteiger partial charge in [0.15, 0.2) is 0 Å². The molecule has 1 aliphatic rings. The number of nitrogens with zero attached hydrogens (tertiary/aromatic N) is 2. The topological polar surface area (TPSA) is 153 Å². The van der Waals surface area contributed by atoms with Crippen molar-refractivity contribution in [2.75, 3.05) is 0 Å². The van der Waals surface area contributed by atoms with Crippen molar-refractivity contribution >= 4 is 23.5 Å². The number of hydrogen-bond donors (Lipinski definition) is 2. The summed E-state index contributed by atoms with van der Waals surface area (Å²) in [6.07, 6.45) is -0.905. The molecule has 0 bridgehead atoms. The van der Waals surface area contributed by atoms with Gasteiger partial charge in [0, 0.05) is 12.5 Å². The predicted octanol–water partition coefficient (Wildman–Crippen LogP) is 1.25. The summed E-state index contributed by atoms with van der Waals surface area (Å²) in [5.74, 6) is -2.73. The van der Waals surface area contributed by atoms with Crippen molar-refractivity contribution in [2.45, 2.75) is 31.7 Å². The van der Waals surface area contributed by atoms with E-state index < -0.39 is 41.3 Å². The molecule has 30 heavy (non-hydrogen) atoms. The number of esters is 1. The number of fused-ring (bicyclic) bond motifs is 1. The first kappa shape index (κ1) is 20.9. The van der Waals surface area contributed by atoms with Gasteiger partial charge >= 0.3 is 5.97 Å². The van der Waals surface area contributed by atoms with E-state index in [4.69, 9.17) is 10.5 Å². The van der Waals surface area contributed by atoms with Gasteiger partial charge in [0.25, 0.3) is 17.5 Å². The fourth-order valence-electron chi connectivity index (χ4n) is 3.26. The van der Waals surface area contributed by atoms with E-state index in [0.717, 1.165) is 10.5 Å². The number of benzene rings is 2. The smallest absolute Gasteiger partial charge is 0.306 e. The number of amides is 2. The van der Waals surface area contributed by atoms with E-state index in [0.29, 0.717) is 0 Å². The van der Waals surface area contributed by atoms with Crippen LogP contribution < -0.4 is 5.73 Å². The SMILES string of the molecule is NC(=O)[C@@](O)(CCC(=O)OCc1ccccc1)N1Cc2c(cccc2[N+](=O)[O-])C1=O. The summed E-state index contributed by atoms with van der Waals surface area (Å²) in [7, 11) is 0. The van der Waals surface area contributed by atoms with E-state index in [9.17, 15) is 29.6 Å². The van der Waals surface area contributed by atoms with E-state index in [1.54, 1.807) is 24.3 Å². The monoisotopic (exact) mass is 413 g/mol. The molecule has 1 heterocycles. The zero-order valence-electron chi connectivity index (χ0n) is 15.8. The lowest BCUT2D eigenvalue weighted by molar-refractivity contribution is -0.385. The van der Waals surface area contributed by atoms with Crippen LogP contribution in [0.2, 0.25) is 0 Å². The van der Waals surface area contributed by atoms with Crippen molar-refractivity contribution in [3.63, 3.8) is 0 Å². The Bertz CT molecular complexity index is 1010. The van der Waals surface area contributed by atoms with Gasteiger partial charge in [0.1, 0.15) is 6.61 Å². The second kappa shape index (κ2) is 8.29. The third kappa shape index (κ3) is 3.98. The number of nitro benzene ring substituents is 1. The van der Waals surface area contributed by atoms with Crippen LogP contribution in [0.3, 0.4) is 0 Å². The Morgan fingerprint density at radius 3 is 2.53 bits per heavy atom. The molecule has 0 radical (unpaired) electrons. The van der Waals surface area contributed by atoms with Gasteiger partial charge in [-0.3, -0.25) is 29.4 Å². The van der Waals surface area contributed by atoms with Crippen molar-refractivity contribution in [3.8, 4) is 0 Å². The lowest BCUT2D eigenvalue weighted by Gasteiger charge is -2.33. The molecular formula is C20H19N3O7. The van der Waals surface area contributed by atoms with Crippen molar-refractivity contribution < 1.29 is 29.2 Å². The zero-order chi connectivity index (χ0) is 21.9. The number of ether oxygens (including phenoxy) is 1. The van der Waals surface area contributed by atoms with E-state index in [2.05, 4.69) is 0 Å². The minimum absolute atomic E-state index is 0.00414. The summed E-state index contributed by atoms with van der Waals surface area (Å²) in [5, 5.41) is 22.1. The Balaban J connectivity index is 1.72. The number of aliphatic hydroxyl groups is 1. The molecule has 1 atom stereocenters. The van der Waals surface area contributed by atoms with Crippen LogP contribution in [0.25, 0.3) is 0 Å². The number of primary amides is 1. The summed E-state index contributed by atoms with van der Waals surface area (Å²) in [6.45, 7) is -0.376. The molecule has 3 N–H and O–H groups in total. The lowest BCUT2D eigenvalue weighted by Crippen LogP contribution is -2.58. The van der Waals surface area contributed by atoms with Gasteiger partial charge in [-0.05, 0) is 11.6 Å². The largest absolute Gasteiger partial charge is 0.461 e. The van der Waals surface area contributed by atoms with Crippen molar-refractivity contribution in [2.24, 2.45) is 5.73 Å². The lowest BCUT2D eigenvalue weighted by atomic mass is 10.0. The Labute approximate surface area is 171 Å². The molecular weight excluding hydrogens is 394 g/mol. The van der Waals surface area contributed by atoms with Crippen molar-refractivity contribution in [1.82, 2.24) is 4.90 Å². The van der Waals surface area contributed by atoms with Crippen LogP contribution in [-0.2, 0) is 27.5 Å². The van der Waals surface area contributed by atoms with Gasteiger partial charge in [-0.15, -0.1) is 0 Å². The molecule has 0 saturated heterocycles. The van der Waals surface area contributed by atoms with Crippen LogP contribution in [0.1, 0.15) is 34.3 Å². The van der Waals surface area contributed by atoms with Crippen LogP contribution >= 0.6 is 0 Å². The maximum atomic E-state index is 12.7. The highest BCUT2D eigenvalue weighted by molar-refractivity contribution is 6.02. The molecule has 2 aromatic rings. The third-order valence-electron chi connectivity index (χ3n) is 4.90. The Morgan fingerprint density at radius 2 is 1.90 bits per heavy atom. The number of carbonyl (C=O) groups excluding carboxylic acids is 3. The molecule has 156 valence electrons. The van der Waals surface area contributed by atoms with Crippen molar-refractivity contribution in [3.05, 3.63) is 75.3 Å². The summed E-state index contributed by atoms with van der Waals surface area (Å²) < 4.78 is 5.11. The molecule has 10 heteroatoms. The van der Waals surface area contributed by atoms with Gasteiger partial charge in [-0.25, -0.2) is 0 Å². The molecule has 0 fully saturated rings. The van der Waals surface area contributed by atoms with Gasteiger partial charge in [-0.2, -0.15) is 0 Å². The van der Waals surface area contributed by atoms with Crippen LogP contribution in [0.4, 0.5) is 5.69 Å². The van der Waals surface area contributed by atoms with Crippen LogP contribution in [0, 0.1) is 10.1 Å². The Hall–Kier alpha value is -3.79. The summed E-state index contributed by atoms with van der Waals surface area (Å²) in [5.41, 5.74) is 3.34. The highest BCUT2D eigenvalue weighted by Crippen LogP contribution is 2.35. The molecule has 0 unspecified atom stereocenters. The van der Waals surface area contributed by atoms with Crippen molar-refractivity contribution in [1.29, 1.82) is 0 Å². The quantitative estimate of drug-likeness (QED) is 0.375. The summed E-state index contributed by atoms with van der Waals surface area (Å²) in [6, 6.07) is 12.8. The van der Waals surface area contributed by atoms with E-state index in [1.807, 2.05) is 6.07 Å². The first-order valence-electron chi connectivity index (χ1n) is 9.04. The van der Waals surface area contributed by atoms with Gasteiger partial charge in [-0.1, -0.05) is 36.4 Å². The fourth-order valence-corrected chi connectivity index (χ4v) is 3.26. The first-order valence-corrected chi connectivity index (χ1v) is 9.04. The third-order valence-corrected chi connectivity index (χ3v) is 4.90. The Kier molecular flexibility index (Phi) is 5.79. The molecule has 1 aliphatic heterocycles.